The van der Waals surface area contributed by atoms with Gasteiger partial charge in [0.15, 0.2) is 0 Å². The lowest BCUT2D eigenvalue weighted by Gasteiger charge is -2.36. The molecule has 0 radical (unpaired) electrons. The molecule has 18 heavy (non-hydrogen) atoms. The average Bonchev–Trinajstić information content (AvgIpc) is 2.40. The number of rotatable bonds is 3. The molecule has 0 aromatic carbocycles. The minimum atomic E-state index is -0.258. The number of nitrogens with zero attached hydrogens (tertiary/aromatic N) is 2. The summed E-state index contributed by atoms with van der Waals surface area (Å²) in [6.07, 6.45) is 1.69. The Labute approximate surface area is 112 Å². The highest BCUT2D eigenvalue weighted by molar-refractivity contribution is 6.33. The largest absolute Gasteiger partial charge is 0.355 e. The van der Waals surface area contributed by atoms with Gasteiger partial charge >= 0.3 is 0 Å². The number of aromatic nitrogens is 1. The van der Waals surface area contributed by atoms with E-state index in [1.807, 2.05) is 11.8 Å². The summed E-state index contributed by atoms with van der Waals surface area (Å²) >= 11 is 6.15. The topological polar surface area (TPSA) is 57.3 Å². The number of piperazine rings is 1. The van der Waals surface area contributed by atoms with Crippen molar-refractivity contribution < 1.29 is 4.79 Å². The van der Waals surface area contributed by atoms with Crippen molar-refractivity contribution in [1.82, 2.24) is 15.6 Å². The van der Waals surface area contributed by atoms with Crippen molar-refractivity contribution in [1.29, 1.82) is 0 Å². The summed E-state index contributed by atoms with van der Waals surface area (Å²) in [5.41, 5.74) is 0. The number of halogens is 1. The number of carbonyl (C=O) groups is 1. The standard InChI is InChI=1S/C12H17ClN4O/c1-2-15-12(18)10-8-14-6-7-17(10)11-9(13)4-3-5-16-11/h3-5,10,14H,2,6-8H2,1H3,(H,15,18). The van der Waals surface area contributed by atoms with Gasteiger partial charge in [0.05, 0.1) is 5.02 Å². The molecule has 1 unspecified atom stereocenters. The van der Waals surface area contributed by atoms with Gasteiger partial charge in [-0.05, 0) is 19.1 Å². The number of hydrogen-bond donors (Lipinski definition) is 2. The molecule has 2 N–H and O–H groups in total. The van der Waals surface area contributed by atoms with Crippen LogP contribution in [0.4, 0.5) is 5.82 Å². The SMILES string of the molecule is CCNC(=O)C1CNCCN1c1ncccc1Cl. The molecular formula is C12H17ClN4O. The molecule has 5 nitrogen and oxygen atoms in total. The molecule has 98 valence electrons. The van der Waals surface area contributed by atoms with Crippen LogP contribution < -0.4 is 15.5 Å². The zero-order valence-corrected chi connectivity index (χ0v) is 11.1. The van der Waals surface area contributed by atoms with Gasteiger partial charge < -0.3 is 15.5 Å². The van der Waals surface area contributed by atoms with Crippen molar-refractivity contribution in [3.05, 3.63) is 23.4 Å². The van der Waals surface area contributed by atoms with Crippen LogP contribution >= 0.6 is 11.6 Å². The van der Waals surface area contributed by atoms with Crippen LogP contribution in [-0.2, 0) is 4.79 Å². The van der Waals surface area contributed by atoms with E-state index in [4.69, 9.17) is 11.6 Å². The summed E-state index contributed by atoms with van der Waals surface area (Å²) in [6.45, 7) is 4.69. The number of hydrogen-bond acceptors (Lipinski definition) is 4. The summed E-state index contributed by atoms with van der Waals surface area (Å²) < 4.78 is 0. The van der Waals surface area contributed by atoms with Crippen LogP contribution in [0, 0.1) is 0 Å². The molecular weight excluding hydrogens is 252 g/mol. The summed E-state index contributed by atoms with van der Waals surface area (Å²) in [5.74, 6) is 0.684. The second-order valence-corrected chi connectivity index (χ2v) is 4.52. The second kappa shape index (κ2) is 6.02. The Kier molecular flexibility index (Phi) is 4.38. The third-order valence-corrected chi connectivity index (χ3v) is 3.20. The van der Waals surface area contributed by atoms with E-state index in [0.29, 0.717) is 23.9 Å². The highest BCUT2D eigenvalue weighted by Crippen LogP contribution is 2.24. The first-order valence-electron chi connectivity index (χ1n) is 6.09. The van der Waals surface area contributed by atoms with Crippen LogP contribution in [0.3, 0.4) is 0 Å². The normalized spacial score (nSPS) is 19.7. The number of nitrogens with one attached hydrogen (secondary N) is 2. The lowest BCUT2D eigenvalue weighted by molar-refractivity contribution is -0.122. The molecule has 1 aromatic heterocycles. The number of anilines is 1. The Balaban J connectivity index is 2.23. The molecule has 0 bridgehead atoms. The fraction of sp³-hybridized carbons (Fsp3) is 0.500. The quantitative estimate of drug-likeness (QED) is 0.845. The van der Waals surface area contributed by atoms with Gasteiger partial charge in [0.1, 0.15) is 11.9 Å². The Morgan fingerprint density at radius 3 is 3.28 bits per heavy atom. The maximum atomic E-state index is 12.0. The predicted molar refractivity (Wildman–Crippen MR) is 71.9 cm³/mol. The van der Waals surface area contributed by atoms with E-state index < -0.39 is 0 Å². The lowest BCUT2D eigenvalue weighted by atomic mass is 10.1. The zero-order valence-electron chi connectivity index (χ0n) is 10.3. The summed E-state index contributed by atoms with van der Waals surface area (Å²) in [6, 6.07) is 3.32. The Morgan fingerprint density at radius 1 is 1.72 bits per heavy atom. The summed E-state index contributed by atoms with van der Waals surface area (Å²) in [7, 11) is 0. The smallest absolute Gasteiger partial charge is 0.244 e. The number of likely N-dealkylation sites (N-methyl/N-ethyl adjacent to an activating group) is 1. The molecule has 1 saturated heterocycles. The van der Waals surface area contributed by atoms with Crippen molar-refractivity contribution in [2.75, 3.05) is 31.1 Å². The van der Waals surface area contributed by atoms with Gasteiger partial charge in [-0.3, -0.25) is 4.79 Å². The van der Waals surface area contributed by atoms with Crippen molar-refractivity contribution in [3.63, 3.8) is 0 Å². The highest BCUT2D eigenvalue weighted by Gasteiger charge is 2.30. The number of carbonyl (C=O) groups excluding carboxylic acids is 1. The van der Waals surface area contributed by atoms with Crippen LogP contribution in [-0.4, -0.2) is 43.1 Å². The molecule has 1 aliphatic rings. The minimum absolute atomic E-state index is 0.00594. The van der Waals surface area contributed by atoms with Gasteiger partial charge in [0.25, 0.3) is 0 Å². The van der Waals surface area contributed by atoms with Crippen molar-refractivity contribution in [3.8, 4) is 0 Å². The molecule has 0 spiro atoms. The summed E-state index contributed by atoms with van der Waals surface area (Å²) in [4.78, 5) is 18.3. The van der Waals surface area contributed by atoms with Gasteiger partial charge in [0, 0.05) is 32.4 Å². The predicted octanol–water partition coefficient (Wildman–Crippen LogP) is 0.649. The van der Waals surface area contributed by atoms with Crippen LogP contribution in [0.25, 0.3) is 0 Å². The van der Waals surface area contributed by atoms with E-state index in [2.05, 4.69) is 15.6 Å². The zero-order chi connectivity index (χ0) is 13.0. The van der Waals surface area contributed by atoms with Gasteiger partial charge in [-0.25, -0.2) is 4.98 Å². The van der Waals surface area contributed by atoms with Gasteiger partial charge in [-0.15, -0.1) is 0 Å². The van der Waals surface area contributed by atoms with E-state index in [-0.39, 0.29) is 11.9 Å². The first-order valence-corrected chi connectivity index (χ1v) is 6.47. The molecule has 0 aliphatic carbocycles. The maximum absolute atomic E-state index is 12.0. The van der Waals surface area contributed by atoms with E-state index in [0.717, 1.165) is 13.1 Å². The van der Waals surface area contributed by atoms with E-state index in [1.54, 1.807) is 18.3 Å². The third-order valence-electron chi connectivity index (χ3n) is 2.91. The van der Waals surface area contributed by atoms with Gasteiger partial charge in [-0.1, -0.05) is 11.6 Å². The molecule has 1 aromatic rings. The molecule has 6 heteroatoms. The Bertz CT molecular complexity index is 426. The van der Waals surface area contributed by atoms with Crippen molar-refractivity contribution >= 4 is 23.3 Å². The fourth-order valence-electron chi connectivity index (χ4n) is 2.07. The van der Waals surface area contributed by atoms with Gasteiger partial charge in [-0.2, -0.15) is 0 Å². The van der Waals surface area contributed by atoms with Crippen LogP contribution in [0.5, 0.6) is 0 Å². The van der Waals surface area contributed by atoms with E-state index in [9.17, 15) is 4.79 Å². The first kappa shape index (κ1) is 13.1. The molecule has 1 aliphatic heterocycles. The van der Waals surface area contributed by atoms with Crippen molar-refractivity contribution in [2.45, 2.75) is 13.0 Å². The number of amides is 1. The minimum Gasteiger partial charge on any atom is -0.355 e. The Hall–Kier alpha value is -1.33. The molecule has 0 saturated carbocycles. The van der Waals surface area contributed by atoms with E-state index in [1.165, 1.54) is 0 Å². The van der Waals surface area contributed by atoms with Gasteiger partial charge in [0.2, 0.25) is 5.91 Å². The van der Waals surface area contributed by atoms with Crippen LogP contribution in [0.15, 0.2) is 18.3 Å². The Morgan fingerprint density at radius 2 is 2.56 bits per heavy atom. The molecule has 2 rings (SSSR count). The van der Waals surface area contributed by atoms with Crippen LogP contribution in [0.2, 0.25) is 5.02 Å². The second-order valence-electron chi connectivity index (χ2n) is 4.12. The first-order chi connectivity index (χ1) is 8.74. The molecule has 2 heterocycles. The van der Waals surface area contributed by atoms with Crippen molar-refractivity contribution in [2.24, 2.45) is 0 Å². The summed E-state index contributed by atoms with van der Waals surface area (Å²) in [5, 5.41) is 6.64. The number of pyridine rings is 1. The monoisotopic (exact) mass is 268 g/mol. The fourth-order valence-corrected chi connectivity index (χ4v) is 2.30. The average molecular weight is 269 g/mol. The molecule has 1 fully saturated rings. The third kappa shape index (κ3) is 2.73. The molecule has 1 atom stereocenters. The molecule has 1 amide bonds. The lowest BCUT2D eigenvalue weighted by Crippen LogP contribution is -2.58. The maximum Gasteiger partial charge on any atom is 0.244 e. The highest BCUT2D eigenvalue weighted by atomic mass is 35.5. The van der Waals surface area contributed by atoms with Crippen LogP contribution in [0.1, 0.15) is 6.92 Å². The van der Waals surface area contributed by atoms with E-state index >= 15 is 0 Å².